The SMILES string of the molecule is O=C1N(C2CCC(O)CC2)CC2C3CCN(c4ccc(Cl)cc4F)C[C@@]132. The van der Waals surface area contributed by atoms with Crippen LogP contribution in [0.25, 0.3) is 0 Å². The molecule has 1 N–H and O–H groups in total. The lowest BCUT2D eigenvalue weighted by Crippen LogP contribution is -2.48. The minimum Gasteiger partial charge on any atom is -0.393 e. The Morgan fingerprint density at radius 3 is 2.65 bits per heavy atom. The van der Waals surface area contributed by atoms with Crippen LogP contribution in [0.1, 0.15) is 32.1 Å². The summed E-state index contributed by atoms with van der Waals surface area (Å²) in [6.07, 6.45) is 4.12. The number of nitrogens with zero attached hydrogens (tertiary/aromatic N) is 2. The number of amides is 1. The third-order valence-electron chi connectivity index (χ3n) is 7.27. The van der Waals surface area contributed by atoms with E-state index in [1.807, 2.05) is 4.90 Å². The van der Waals surface area contributed by atoms with Crippen molar-refractivity contribution in [1.82, 2.24) is 4.90 Å². The Balaban J connectivity index is 1.35. The highest BCUT2D eigenvalue weighted by Crippen LogP contribution is 2.68. The van der Waals surface area contributed by atoms with Crippen molar-refractivity contribution in [3.05, 3.63) is 29.0 Å². The Morgan fingerprint density at radius 2 is 1.92 bits per heavy atom. The molecule has 2 aliphatic carbocycles. The van der Waals surface area contributed by atoms with E-state index in [9.17, 15) is 14.3 Å². The van der Waals surface area contributed by atoms with E-state index in [1.165, 1.54) is 6.07 Å². The number of rotatable bonds is 2. The van der Waals surface area contributed by atoms with Gasteiger partial charge in [0.25, 0.3) is 0 Å². The highest BCUT2D eigenvalue weighted by atomic mass is 35.5. The summed E-state index contributed by atoms with van der Waals surface area (Å²) >= 11 is 5.88. The molecule has 2 saturated heterocycles. The first kappa shape index (κ1) is 16.8. The second-order valence-corrected chi connectivity index (χ2v) is 8.92. The van der Waals surface area contributed by atoms with E-state index in [0.717, 1.165) is 45.2 Å². The molecule has 5 rings (SSSR count). The zero-order valence-electron chi connectivity index (χ0n) is 14.7. The minimum absolute atomic E-state index is 0.206. The first-order chi connectivity index (χ1) is 12.5. The summed E-state index contributed by atoms with van der Waals surface area (Å²) in [5.41, 5.74) is 0.250. The Hall–Kier alpha value is -1.33. The van der Waals surface area contributed by atoms with E-state index >= 15 is 0 Å². The molecule has 4 fully saturated rings. The van der Waals surface area contributed by atoms with Crippen molar-refractivity contribution >= 4 is 23.2 Å². The summed E-state index contributed by atoms with van der Waals surface area (Å²) in [5.74, 6) is 0.843. The van der Waals surface area contributed by atoms with Gasteiger partial charge in [0.15, 0.2) is 0 Å². The van der Waals surface area contributed by atoms with Crippen LogP contribution in [-0.2, 0) is 4.79 Å². The molecule has 2 heterocycles. The van der Waals surface area contributed by atoms with Gasteiger partial charge in [-0.3, -0.25) is 4.79 Å². The van der Waals surface area contributed by atoms with Crippen LogP contribution in [0.15, 0.2) is 18.2 Å². The lowest BCUT2D eigenvalue weighted by molar-refractivity contribution is -0.137. The second kappa shape index (κ2) is 5.83. The molecule has 1 aromatic rings. The fourth-order valence-corrected chi connectivity index (χ4v) is 6.01. The average molecular weight is 379 g/mol. The molecular weight excluding hydrogens is 355 g/mol. The van der Waals surface area contributed by atoms with E-state index in [4.69, 9.17) is 11.6 Å². The third kappa shape index (κ3) is 2.32. The molecule has 1 spiro atoms. The van der Waals surface area contributed by atoms with E-state index in [2.05, 4.69) is 4.90 Å². The second-order valence-electron chi connectivity index (χ2n) is 8.48. The van der Waals surface area contributed by atoms with Crippen LogP contribution in [0.5, 0.6) is 0 Å². The Morgan fingerprint density at radius 1 is 1.15 bits per heavy atom. The van der Waals surface area contributed by atoms with Crippen LogP contribution in [-0.4, -0.2) is 47.7 Å². The normalized spacial score (nSPS) is 39.0. The highest BCUT2D eigenvalue weighted by molar-refractivity contribution is 6.30. The van der Waals surface area contributed by atoms with Gasteiger partial charge in [-0.25, -0.2) is 4.39 Å². The van der Waals surface area contributed by atoms with Crippen molar-refractivity contribution < 1.29 is 14.3 Å². The van der Waals surface area contributed by atoms with Gasteiger partial charge in [0.1, 0.15) is 5.82 Å². The van der Waals surface area contributed by atoms with Crippen molar-refractivity contribution in [2.75, 3.05) is 24.5 Å². The van der Waals surface area contributed by atoms with Gasteiger partial charge >= 0.3 is 0 Å². The van der Waals surface area contributed by atoms with Gasteiger partial charge in [-0.1, -0.05) is 11.6 Å². The molecule has 0 aromatic heterocycles. The van der Waals surface area contributed by atoms with E-state index < -0.39 is 0 Å². The van der Waals surface area contributed by atoms with Crippen molar-refractivity contribution in [2.45, 2.75) is 44.2 Å². The number of carbonyl (C=O) groups is 1. The number of anilines is 1. The summed E-state index contributed by atoms with van der Waals surface area (Å²) in [7, 11) is 0. The molecule has 3 atom stereocenters. The zero-order chi connectivity index (χ0) is 18.1. The molecule has 2 saturated carbocycles. The molecule has 6 heteroatoms. The maximum atomic E-state index is 14.4. The number of benzene rings is 1. The van der Waals surface area contributed by atoms with Gasteiger partial charge in [-0.2, -0.15) is 0 Å². The number of halogens is 2. The molecule has 2 unspecified atom stereocenters. The number of fused-ring (bicyclic) bond motifs is 1. The maximum Gasteiger partial charge on any atom is 0.231 e. The summed E-state index contributed by atoms with van der Waals surface area (Å²) in [6.45, 7) is 2.26. The van der Waals surface area contributed by atoms with Crippen LogP contribution in [0.3, 0.4) is 0 Å². The number of hydrogen-bond donors (Lipinski definition) is 1. The molecule has 0 bridgehead atoms. The first-order valence-electron chi connectivity index (χ1n) is 9.70. The molecule has 140 valence electrons. The quantitative estimate of drug-likeness (QED) is 0.860. The predicted octanol–water partition coefficient (Wildman–Crippen LogP) is 3.07. The fourth-order valence-electron chi connectivity index (χ4n) is 5.85. The number of aliphatic hydroxyl groups is 1. The highest BCUT2D eigenvalue weighted by Gasteiger charge is 2.76. The molecule has 2 aliphatic heterocycles. The largest absolute Gasteiger partial charge is 0.393 e. The molecule has 26 heavy (non-hydrogen) atoms. The smallest absolute Gasteiger partial charge is 0.231 e. The van der Waals surface area contributed by atoms with Crippen molar-refractivity contribution in [3.8, 4) is 0 Å². The van der Waals surface area contributed by atoms with Gasteiger partial charge in [0.2, 0.25) is 5.91 Å². The summed E-state index contributed by atoms with van der Waals surface area (Å²) in [5, 5.41) is 10.1. The first-order valence-corrected chi connectivity index (χ1v) is 10.1. The number of aliphatic hydroxyl groups excluding tert-OH is 1. The molecule has 1 aromatic carbocycles. The number of piperidine rings is 2. The number of hydrogen-bond acceptors (Lipinski definition) is 3. The fraction of sp³-hybridized carbons (Fsp3) is 0.650. The lowest BCUT2D eigenvalue weighted by Gasteiger charge is -2.38. The van der Waals surface area contributed by atoms with Crippen LogP contribution in [0.4, 0.5) is 10.1 Å². The molecular formula is C20H24ClFN2O2. The zero-order valence-corrected chi connectivity index (χ0v) is 15.5. The van der Waals surface area contributed by atoms with Gasteiger partial charge < -0.3 is 14.9 Å². The number of carbonyl (C=O) groups excluding carboxylic acids is 1. The maximum absolute atomic E-state index is 14.4. The Bertz CT molecular complexity index is 751. The molecule has 4 nitrogen and oxygen atoms in total. The van der Waals surface area contributed by atoms with Crippen molar-refractivity contribution in [1.29, 1.82) is 0 Å². The van der Waals surface area contributed by atoms with Crippen LogP contribution < -0.4 is 4.90 Å². The summed E-state index contributed by atoms with van der Waals surface area (Å²) in [6, 6.07) is 5.06. The molecule has 0 radical (unpaired) electrons. The Labute approximate surface area is 157 Å². The number of likely N-dealkylation sites (tertiary alicyclic amines) is 1. The van der Waals surface area contributed by atoms with Gasteiger partial charge in [0.05, 0.1) is 17.2 Å². The van der Waals surface area contributed by atoms with E-state index in [-0.39, 0.29) is 29.3 Å². The van der Waals surface area contributed by atoms with E-state index in [0.29, 0.717) is 29.1 Å². The van der Waals surface area contributed by atoms with Crippen LogP contribution in [0, 0.1) is 23.1 Å². The average Bonchev–Trinajstić information content (AvgIpc) is 3.18. The summed E-state index contributed by atoms with van der Waals surface area (Å²) < 4.78 is 14.4. The van der Waals surface area contributed by atoms with Crippen molar-refractivity contribution in [3.63, 3.8) is 0 Å². The van der Waals surface area contributed by atoms with Gasteiger partial charge in [-0.15, -0.1) is 0 Å². The lowest BCUT2D eigenvalue weighted by atomic mass is 9.90. The molecule has 1 amide bonds. The monoisotopic (exact) mass is 378 g/mol. The third-order valence-corrected chi connectivity index (χ3v) is 7.51. The molecule has 4 aliphatic rings. The van der Waals surface area contributed by atoms with Crippen LogP contribution in [0.2, 0.25) is 5.02 Å². The standard InChI is InChI=1S/C20H24ClFN2O2/c21-12-1-6-18(17(22)9-12)23-8-7-15-16-10-24(19(26)20(15,16)11-23)13-2-4-14(25)5-3-13/h1,6,9,13-16,25H,2-5,7-8,10-11H2/t13?,14?,15?,16?,20-/m1/s1. The van der Waals surface area contributed by atoms with E-state index in [1.54, 1.807) is 12.1 Å². The van der Waals surface area contributed by atoms with Gasteiger partial charge in [-0.05, 0) is 62.1 Å². The Kier molecular flexibility index (Phi) is 3.77. The summed E-state index contributed by atoms with van der Waals surface area (Å²) in [4.78, 5) is 17.4. The minimum atomic E-state index is -0.312. The van der Waals surface area contributed by atoms with Crippen LogP contribution >= 0.6 is 11.6 Å². The van der Waals surface area contributed by atoms with Gasteiger partial charge in [0, 0.05) is 30.7 Å². The van der Waals surface area contributed by atoms with Crippen molar-refractivity contribution in [2.24, 2.45) is 17.3 Å². The topological polar surface area (TPSA) is 43.8 Å². The predicted molar refractivity (Wildman–Crippen MR) is 97.6 cm³/mol.